The quantitative estimate of drug-likeness (QED) is 0.766. The Labute approximate surface area is 122 Å². The molecule has 2 N–H and O–H groups in total. The second kappa shape index (κ2) is 5.40. The Morgan fingerprint density at radius 2 is 1.86 bits per heavy atom. The van der Waals surface area contributed by atoms with Crippen molar-refractivity contribution in [2.45, 2.75) is 6.54 Å². The van der Waals surface area contributed by atoms with Crippen LogP contribution in [0, 0.1) is 22.7 Å². The van der Waals surface area contributed by atoms with Gasteiger partial charge in [-0.05, 0) is 35.9 Å². The molecule has 4 heteroatoms. The fourth-order valence-corrected chi connectivity index (χ4v) is 2.35. The number of hydrogen-bond donors (Lipinski definition) is 2. The van der Waals surface area contributed by atoms with Crippen molar-refractivity contribution >= 4 is 16.6 Å². The molecular formula is C17H12N4. The fourth-order valence-electron chi connectivity index (χ4n) is 2.35. The average Bonchev–Trinajstić information content (AvgIpc) is 3.01. The molecule has 0 radical (unpaired) electrons. The molecule has 4 nitrogen and oxygen atoms in total. The molecule has 3 rings (SSSR count). The molecule has 0 aliphatic rings. The van der Waals surface area contributed by atoms with Gasteiger partial charge in [0.2, 0.25) is 0 Å². The zero-order chi connectivity index (χ0) is 14.7. The van der Waals surface area contributed by atoms with Crippen LogP contribution in [0.25, 0.3) is 10.9 Å². The third-order valence-electron chi connectivity index (χ3n) is 3.43. The summed E-state index contributed by atoms with van der Waals surface area (Å²) in [6.07, 6.45) is 1.92. The molecule has 0 saturated heterocycles. The molecule has 0 unspecified atom stereocenters. The van der Waals surface area contributed by atoms with E-state index in [1.165, 1.54) is 10.9 Å². The molecule has 0 spiro atoms. The van der Waals surface area contributed by atoms with Crippen LogP contribution in [0.2, 0.25) is 0 Å². The van der Waals surface area contributed by atoms with Gasteiger partial charge in [-0.3, -0.25) is 0 Å². The van der Waals surface area contributed by atoms with Gasteiger partial charge in [0.15, 0.2) is 0 Å². The van der Waals surface area contributed by atoms with Gasteiger partial charge in [0.05, 0.1) is 11.1 Å². The van der Waals surface area contributed by atoms with Crippen molar-refractivity contribution in [2.24, 2.45) is 0 Å². The van der Waals surface area contributed by atoms with E-state index in [-0.39, 0.29) is 0 Å². The molecule has 0 saturated carbocycles. The fraction of sp³-hybridized carbons (Fsp3) is 0.0588. The molecule has 2 aromatic carbocycles. The van der Waals surface area contributed by atoms with Crippen molar-refractivity contribution in [3.8, 4) is 12.1 Å². The number of benzene rings is 2. The van der Waals surface area contributed by atoms with E-state index in [9.17, 15) is 0 Å². The van der Waals surface area contributed by atoms with Gasteiger partial charge >= 0.3 is 0 Å². The van der Waals surface area contributed by atoms with Crippen LogP contribution in [0.3, 0.4) is 0 Å². The number of fused-ring (bicyclic) bond motifs is 1. The number of H-pyrrole nitrogens is 1. The minimum absolute atomic E-state index is 0.391. The second-order valence-electron chi connectivity index (χ2n) is 4.69. The van der Waals surface area contributed by atoms with Crippen LogP contribution in [-0.4, -0.2) is 4.98 Å². The molecule has 0 aliphatic heterocycles. The van der Waals surface area contributed by atoms with Crippen LogP contribution < -0.4 is 5.32 Å². The number of nitrogens with one attached hydrogen (secondary N) is 2. The summed E-state index contributed by atoms with van der Waals surface area (Å²) in [4.78, 5) is 3.18. The van der Waals surface area contributed by atoms with Crippen molar-refractivity contribution in [1.82, 2.24) is 4.98 Å². The summed E-state index contributed by atoms with van der Waals surface area (Å²) >= 11 is 0. The lowest BCUT2D eigenvalue weighted by molar-refractivity contribution is 1.17. The van der Waals surface area contributed by atoms with E-state index in [0.717, 1.165) is 11.2 Å². The summed E-state index contributed by atoms with van der Waals surface area (Å²) in [5.41, 5.74) is 3.90. The SMILES string of the molecule is N#Cc1ccc(NCc2cccc3[nH]ccc23)cc1C#N. The van der Waals surface area contributed by atoms with Crippen LogP contribution in [0.4, 0.5) is 5.69 Å². The molecule has 0 aliphatic carbocycles. The highest BCUT2D eigenvalue weighted by Crippen LogP contribution is 2.20. The Morgan fingerprint density at radius 3 is 2.67 bits per heavy atom. The van der Waals surface area contributed by atoms with Crippen LogP contribution in [0.15, 0.2) is 48.7 Å². The number of anilines is 1. The summed E-state index contributed by atoms with van der Waals surface area (Å²) < 4.78 is 0. The Hall–Kier alpha value is -3.24. The van der Waals surface area contributed by atoms with Crippen LogP contribution in [0.1, 0.15) is 16.7 Å². The summed E-state index contributed by atoms with van der Waals surface area (Å²) in [5, 5.41) is 22.4. The first kappa shape index (κ1) is 12.8. The normalized spacial score (nSPS) is 10.0. The zero-order valence-corrected chi connectivity index (χ0v) is 11.2. The first-order valence-electron chi connectivity index (χ1n) is 6.55. The third-order valence-corrected chi connectivity index (χ3v) is 3.43. The first-order valence-corrected chi connectivity index (χ1v) is 6.55. The van der Waals surface area contributed by atoms with E-state index in [0.29, 0.717) is 17.7 Å². The highest BCUT2D eigenvalue weighted by molar-refractivity contribution is 5.83. The molecular weight excluding hydrogens is 260 g/mol. The number of aromatic amines is 1. The third kappa shape index (κ3) is 2.43. The zero-order valence-electron chi connectivity index (χ0n) is 11.2. The minimum atomic E-state index is 0.391. The van der Waals surface area contributed by atoms with Crippen molar-refractivity contribution in [1.29, 1.82) is 10.5 Å². The summed E-state index contributed by atoms with van der Waals surface area (Å²) in [6.45, 7) is 0.659. The largest absolute Gasteiger partial charge is 0.381 e. The van der Waals surface area contributed by atoms with Gasteiger partial charge in [0.1, 0.15) is 12.1 Å². The maximum absolute atomic E-state index is 9.04. The van der Waals surface area contributed by atoms with Crippen LogP contribution in [0.5, 0.6) is 0 Å². The molecule has 21 heavy (non-hydrogen) atoms. The lowest BCUT2D eigenvalue weighted by Gasteiger charge is -2.08. The second-order valence-corrected chi connectivity index (χ2v) is 4.69. The molecule has 3 aromatic rings. The van der Waals surface area contributed by atoms with Crippen molar-refractivity contribution in [2.75, 3.05) is 5.32 Å². The van der Waals surface area contributed by atoms with Gasteiger partial charge in [-0.2, -0.15) is 10.5 Å². The molecule has 1 aromatic heterocycles. The van der Waals surface area contributed by atoms with E-state index in [2.05, 4.69) is 16.4 Å². The Kier molecular flexibility index (Phi) is 3.29. The summed E-state index contributed by atoms with van der Waals surface area (Å²) in [6, 6.07) is 17.4. The lowest BCUT2D eigenvalue weighted by atomic mass is 10.1. The number of aromatic nitrogens is 1. The van der Waals surface area contributed by atoms with Gasteiger partial charge < -0.3 is 10.3 Å². The van der Waals surface area contributed by atoms with E-state index >= 15 is 0 Å². The highest BCUT2D eigenvalue weighted by Gasteiger charge is 2.04. The highest BCUT2D eigenvalue weighted by atomic mass is 14.9. The predicted octanol–water partition coefficient (Wildman–Crippen LogP) is 3.52. The average molecular weight is 272 g/mol. The summed E-state index contributed by atoms with van der Waals surface area (Å²) in [7, 11) is 0. The monoisotopic (exact) mass is 272 g/mol. The first-order chi connectivity index (χ1) is 10.3. The van der Waals surface area contributed by atoms with E-state index in [1.807, 2.05) is 42.6 Å². The van der Waals surface area contributed by atoms with Crippen molar-refractivity contribution in [3.05, 3.63) is 65.4 Å². The van der Waals surface area contributed by atoms with Gasteiger partial charge in [0, 0.05) is 29.3 Å². The summed E-state index contributed by atoms with van der Waals surface area (Å²) in [5.74, 6) is 0. The molecule has 1 heterocycles. The molecule has 0 amide bonds. The van der Waals surface area contributed by atoms with Crippen LogP contribution >= 0.6 is 0 Å². The van der Waals surface area contributed by atoms with Crippen molar-refractivity contribution < 1.29 is 0 Å². The number of hydrogen-bond acceptors (Lipinski definition) is 3. The number of rotatable bonds is 3. The Bertz CT molecular complexity index is 878. The van der Waals surface area contributed by atoms with Gasteiger partial charge in [-0.25, -0.2) is 0 Å². The van der Waals surface area contributed by atoms with E-state index in [4.69, 9.17) is 10.5 Å². The maximum Gasteiger partial charge on any atom is 0.101 e. The predicted molar refractivity (Wildman–Crippen MR) is 81.5 cm³/mol. The number of nitrogens with zero attached hydrogens (tertiary/aromatic N) is 2. The van der Waals surface area contributed by atoms with Crippen LogP contribution in [-0.2, 0) is 6.54 Å². The molecule has 100 valence electrons. The van der Waals surface area contributed by atoms with E-state index in [1.54, 1.807) is 12.1 Å². The minimum Gasteiger partial charge on any atom is -0.381 e. The molecule has 0 bridgehead atoms. The van der Waals surface area contributed by atoms with Gasteiger partial charge in [-0.15, -0.1) is 0 Å². The number of nitriles is 2. The maximum atomic E-state index is 9.04. The Balaban J connectivity index is 1.84. The van der Waals surface area contributed by atoms with Gasteiger partial charge in [0.25, 0.3) is 0 Å². The lowest BCUT2D eigenvalue weighted by Crippen LogP contribution is -2.00. The van der Waals surface area contributed by atoms with Gasteiger partial charge in [-0.1, -0.05) is 12.1 Å². The van der Waals surface area contributed by atoms with Crippen molar-refractivity contribution in [3.63, 3.8) is 0 Å². The molecule has 0 atom stereocenters. The molecule has 0 fully saturated rings. The Morgan fingerprint density at radius 1 is 1.00 bits per heavy atom. The van der Waals surface area contributed by atoms with E-state index < -0.39 is 0 Å². The standard InChI is InChI=1S/C17H12N4/c18-9-12-4-5-15(8-14(12)10-19)21-11-13-2-1-3-17-16(13)6-7-20-17/h1-8,20-21H,11H2. The topological polar surface area (TPSA) is 75.4 Å². The smallest absolute Gasteiger partial charge is 0.101 e.